The van der Waals surface area contributed by atoms with Crippen LogP contribution >= 0.6 is 0 Å². The first-order valence-electron chi connectivity index (χ1n) is 5.72. The minimum absolute atomic E-state index is 0.146. The van der Waals surface area contributed by atoms with Crippen LogP contribution in [0, 0.1) is 5.92 Å². The zero-order valence-electron chi connectivity index (χ0n) is 11.3. The molecule has 0 spiro atoms. The summed E-state index contributed by atoms with van der Waals surface area (Å²) in [6.07, 6.45) is -3.29. The van der Waals surface area contributed by atoms with Gasteiger partial charge >= 0.3 is 5.97 Å². The summed E-state index contributed by atoms with van der Waals surface area (Å²) in [5.74, 6) is -3.54. The zero-order valence-corrected chi connectivity index (χ0v) is 6.26. The van der Waals surface area contributed by atoms with Crippen molar-refractivity contribution < 1.29 is 21.5 Å². The number of hydrogen-bond donors (Lipinski definition) is 1. The number of aliphatic carboxylic acids is 1. The van der Waals surface area contributed by atoms with Crippen LogP contribution in [0.5, 0.6) is 0 Å². The zero-order chi connectivity index (χ0) is 13.1. The van der Waals surface area contributed by atoms with Crippen molar-refractivity contribution in [2.75, 3.05) is 0 Å². The first-order valence-corrected chi connectivity index (χ1v) is 3.22. The largest absolute Gasteiger partial charge is 0.481 e. The lowest BCUT2D eigenvalue weighted by atomic mass is 10.00. The molecule has 0 saturated carbocycles. The Morgan fingerprint density at radius 1 is 1.73 bits per heavy atom. The predicted molar refractivity (Wildman–Crippen MR) is 41.3 cm³/mol. The van der Waals surface area contributed by atoms with Crippen LogP contribution in [0.4, 0.5) is 0 Å². The molecule has 0 heterocycles. The molecule has 1 atom stereocenters. The van der Waals surface area contributed by atoms with Crippen LogP contribution in [0.25, 0.3) is 0 Å². The van der Waals surface area contributed by atoms with Crippen LogP contribution in [-0.2, 0) is 9.59 Å². The highest BCUT2D eigenvalue weighted by molar-refractivity contribution is 5.76. The number of rotatable bonds is 5. The molecule has 0 bridgehead atoms. The maximum absolute atomic E-state index is 10.8. The third-order valence-electron chi connectivity index (χ3n) is 1.26. The molecular weight excluding hydrogens is 144 g/mol. The Labute approximate surface area is 73.4 Å². The van der Waals surface area contributed by atoms with Crippen LogP contribution in [0.2, 0.25) is 0 Å². The summed E-state index contributed by atoms with van der Waals surface area (Å²) < 4.78 is 35.5. The molecule has 0 fully saturated rings. The minimum atomic E-state index is -3.02. The second-order valence-corrected chi connectivity index (χ2v) is 2.28. The fourth-order valence-electron chi connectivity index (χ4n) is 0.605. The van der Waals surface area contributed by atoms with Gasteiger partial charge in [-0.05, 0) is 19.7 Å². The molecule has 0 aliphatic heterocycles. The molecule has 11 heavy (non-hydrogen) atoms. The first kappa shape index (κ1) is 4.24. The van der Waals surface area contributed by atoms with E-state index in [1.165, 1.54) is 6.92 Å². The van der Waals surface area contributed by atoms with E-state index in [0.29, 0.717) is 0 Å². The summed E-state index contributed by atoms with van der Waals surface area (Å²) in [6, 6.07) is 0. The molecule has 1 N–H and O–H groups in total. The van der Waals surface area contributed by atoms with Gasteiger partial charge in [0.05, 0.1) is 5.92 Å². The summed E-state index contributed by atoms with van der Waals surface area (Å²) in [5.41, 5.74) is 0. The minimum Gasteiger partial charge on any atom is -0.481 e. The summed E-state index contributed by atoms with van der Waals surface area (Å²) in [7, 11) is 0. The SMILES string of the molecule is [2H]C([2H])([2H])C([2H])([2H])C(CCC(C)=O)C(=O)O. The Kier molecular flexibility index (Phi) is 1.88. The van der Waals surface area contributed by atoms with Gasteiger partial charge in [0.15, 0.2) is 0 Å². The third kappa shape index (κ3) is 4.53. The van der Waals surface area contributed by atoms with E-state index in [1.54, 1.807) is 0 Å². The highest BCUT2D eigenvalue weighted by Crippen LogP contribution is 2.10. The maximum Gasteiger partial charge on any atom is 0.306 e. The molecule has 64 valence electrons. The normalized spacial score (nSPS) is 21.7. The van der Waals surface area contributed by atoms with Gasteiger partial charge in [-0.2, -0.15) is 0 Å². The average Bonchev–Trinajstić information content (AvgIpc) is 1.99. The van der Waals surface area contributed by atoms with Crippen molar-refractivity contribution in [1.82, 2.24) is 0 Å². The van der Waals surface area contributed by atoms with Crippen molar-refractivity contribution >= 4 is 11.8 Å². The molecule has 3 nitrogen and oxygen atoms in total. The fourth-order valence-corrected chi connectivity index (χ4v) is 0.605. The van der Waals surface area contributed by atoms with Gasteiger partial charge in [0, 0.05) is 13.3 Å². The standard InChI is InChI=1S/C8H14O3/c1-3-7(8(10)11)5-4-6(2)9/h7H,3-5H2,1-2H3,(H,10,11)/i1D3,3D2. The second kappa shape index (κ2) is 4.88. The second-order valence-electron chi connectivity index (χ2n) is 2.28. The van der Waals surface area contributed by atoms with Gasteiger partial charge in [-0.1, -0.05) is 6.85 Å². The number of carbonyl (C=O) groups is 2. The molecular formula is C8H14O3. The van der Waals surface area contributed by atoms with Crippen LogP contribution in [0.1, 0.15) is 39.8 Å². The van der Waals surface area contributed by atoms with Crippen LogP contribution in [0.15, 0.2) is 0 Å². The molecule has 1 unspecified atom stereocenters. The van der Waals surface area contributed by atoms with E-state index in [2.05, 4.69) is 0 Å². The quantitative estimate of drug-likeness (QED) is 0.667. The van der Waals surface area contributed by atoms with Crippen molar-refractivity contribution in [3.63, 3.8) is 0 Å². The Morgan fingerprint density at radius 2 is 2.36 bits per heavy atom. The Morgan fingerprint density at radius 3 is 2.73 bits per heavy atom. The maximum atomic E-state index is 10.8. The monoisotopic (exact) mass is 163 g/mol. The highest BCUT2D eigenvalue weighted by atomic mass is 16.4. The summed E-state index contributed by atoms with van der Waals surface area (Å²) in [4.78, 5) is 21.5. The molecule has 0 aliphatic carbocycles. The summed E-state index contributed by atoms with van der Waals surface area (Å²) >= 11 is 0. The lowest BCUT2D eigenvalue weighted by Gasteiger charge is -2.06. The average molecular weight is 163 g/mol. The van der Waals surface area contributed by atoms with E-state index in [1.807, 2.05) is 0 Å². The van der Waals surface area contributed by atoms with Gasteiger partial charge in [-0.15, -0.1) is 0 Å². The van der Waals surface area contributed by atoms with E-state index in [0.717, 1.165) is 0 Å². The third-order valence-corrected chi connectivity index (χ3v) is 1.26. The lowest BCUT2D eigenvalue weighted by Crippen LogP contribution is -2.13. The van der Waals surface area contributed by atoms with Gasteiger partial charge in [0.25, 0.3) is 0 Å². The van der Waals surface area contributed by atoms with Gasteiger partial charge in [0.2, 0.25) is 0 Å². The number of hydrogen-bond acceptors (Lipinski definition) is 2. The highest BCUT2D eigenvalue weighted by Gasteiger charge is 2.14. The smallest absolute Gasteiger partial charge is 0.306 e. The summed E-state index contributed by atoms with van der Waals surface area (Å²) in [5, 5.41) is 8.78. The predicted octanol–water partition coefficient (Wildman–Crippen LogP) is 1.47. The molecule has 0 aromatic heterocycles. The number of Topliss-reactive ketones (excluding diaryl/α,β-unsaturated/α-hetero) is 1. The Bertz CT molecular complexity index is 284. The van der Waals surface area contributed by atoms with Crippen molar-refractivity contribution in [3.8, 4) is 0 Å². The number of ketones is 1. The van der Waals surface area contributed by atoms with E-state index >= 15 is 0 Å². The molecule has 0 saturated heterocycles. The molecule has 0 radical (unpaired) electrons. The molecule has 0 aliphatic rings. The van der Waals surface area contributed by atoms with Gasteiger partial charge in [0.1, 0.15) is 5.78 Å². The number of carbonyl (C=O) groups excluding carboxylic acids is 1. The van der Waals surface area contributed by atoms with E-state index in [9.17, 15) is 9.59 Å². The van der Waals surface area contributed by atoms with Gasteiger partial charge in [-0.3, -0.25) is 4.79 Å². The van der Waals surface area contributed by atoms with Crippen molar-refractivity contribution in [3.05, 3.63) is 0 Å². The molecule has 0 rings (SSSR count). The van der Waals surface area contributed by atoms with Crippen molar-refractivity contribution in [2.24, 2.45) is 5.92 Å². The Hall–Kier alpha value is -0.860. The van der Waals surface area contributed by atoms with Gasteiger partial charge in [-0.25, -0.2) is 0 Å². The van der Waals surface area contributed by atoms with Gasteiger partial charge < -0.3 is 9.90 Å². The molecule has 3 heteroatoms. The van der Waals surface area contributed by atoms with Crippen LogP contribution < -0.4 is 0 Å². The van der Waals surface area contributed by atoms with E-state index in [4.69, 9.17) is 12.0 Å². The topological polar surface area (TPSA) is 54.4 Å². The molecule has 0 amide bonds. The van der Waals surface area contributed by atoms with Crippen LogP contribution in [0.3, 0.4) is 0 Å². The van der Waals surface area contributed by atoms with E-state index in [-0.39, 0.29) is 18.6 Å². The van der Waals surface area contributed by atoms with Crippen molar-refractivity contribution in [1.29, 1.82) is 0 Å². The molecule has 0 aromatic rings. The van der Waals surface area contributed by atoms with Crippen molar-refractivity contribution in [2.45, 2.75) is 33.0 Å². The number of carboxylic acids is 1. The fraction of sp³-hybridized carbons (Fsp3) is 0.750. The van der Waals surface area contributed by atoms with Crippen LogP contribution in [-0.4, -0.2) is 16.9 Å². The first-order chi connectivity index (χ1) is 7.00. The Balaban J connectivity index is 4.91. The van der Waals surface area contributed by atoms with E-state index < -0.39 is 25.1 Å². The summed E-state index contributed by atoms with van der Waals surface area (Å²) in [6.45, 7) is -1.78. The lowest BCUT2D eigenvalue weighted by molar-refractivity contribution is -0.142. The molecule has 0 aromatic carbocycles. The number of carboxylic acid groups (broad SMARTS) is 1.